The molecule has 18 heavy (non-hydrogen) atoms. The van der Waals surface area contributed by atoms with Crippen molar-refractivity contribution in [1.29, 1.82) is 0 Å². The Labute approximate surface area is 117 Å². The van der Waals surface area contributed by atoms with Crippen molar-refractivity contribution in [2.45, 2.75) is 0 Å². The van der Waals surface area contributed by atoms with Gasteiger partial charge in [0.1, 0.15) is 11.6 Å². The molecule has 0 fully saturated rings. The van der Waals surface area contributed by atoms with Gasteiger partial charge in [0.25, 0.3) is 0 Å². The van der Waals surface area contributed by atoms with Crippen molar-refractivity contribution < 1.29 is 4.39 Å². The summed E-state index contributed by atoms with van der Waals surface area (Å²) in [6.07, 6.45) is 1.60. The zero-order valence-electron chi connectivity index (χ0n) is 9.34. The van der Waals surface area contributed by atoms with Crippen molar-refractivity contribution in [2.24, 2.45) is 0 Å². The maximum Gasteiger partial charge on any atom is 0.224 e. The van der Waals surface area contributed by atoms with E-state index in [9.17, 15) is 4.39 Å². The minimum Gasteiger partial charge on any atom is -0.357 e. The first kappa shape index (κ1) is 13.0. The van der Waals surface area contributed by atoms with Crippen molar-refractivity contribution in [3.8, 4) is 0 Å². The number of benzene rings is 1. The van der Waals surface area contributed by atoms with E-state index in [1.807, 2.05) is 0 Å². The Hall–Kier alpha value is -1.40. The number of nitrogens with zero attached hydrogens (tertiary/aromatic N) is 2. The Kier molecular flexibility index (Phi) is 3.98. The van der Waals surface area contributed by atoms with E-state index in [2.05, 4.69) is 36.5 Å². The van der Waals surface area contributed by atoms with Crippen LogP contribution in [0.3, 0.4) is 0 Å². The van der Waals surface area contributed by atoms with E-state index in [1.165, 1.54) is 12.1 Å². The van der Waals surface area contributed by atoms with Crippen LogP contribution in [0.2, 0.25) is 5.02 Å². The molecule has 0 aliphatic rings. The molecule has 0 spiro atoms. The van der Waals surface area contributed by atoms with E-state index in [0.29, 0.717) is 21.9 Å². The molecular formula is C11H9BrClFN4. The summed E-state index contributed by atoms with van der Waals surface area (Å²) in [4.78, 5) is 8.18. The van der Waals surface area contributed by atoms with Gasteiger partial charge < -0.3 is 10.6 Å². The summed E-state index contributed by atoms with van der Waals surface area (Å²) in [6, 6.07) is 4.25. The van der Waals surface area contributed by atoms with Gasteiger partial charge in [-0.05, 0) is 34.1 Å². The molecule has 0 saturated carbocycles. The maximum absolute atomic E-state index is 13.1. The predicted octanol–water partition coefficient (Wildman–Crippen LogP) is 3.82. The number of hydrogen-bond donors (Lipinski definition) is 2. The van der Waals surface area contributed by atoms with Crippen LogP contribution in [0.25, 0.3) is 0 Å². The van der Waals surface area contributed by atoms with Crippen LogP contribution in [0.4, 0.5) is 21.8 Å². The zero-order chi connectivity index (χ0) is 13.1. The molecule has 2 aromatic rings. The monoisotopic (exact) mass is 330 g/mol. The first-order chi connectivity index (χ1) is 8.60. The molecule has 0 aliphatic heterocycles. The molecule has 2 N–H and O–H groups in total. The van der Waals surface area contributed by atoms with E-state index in [0.717, 1.165) is 0 Å². The Bertz CT molecular complexity index is 556. The molecule has 1 aromatic heterocycles. The topological polar surface area (TPSA) is 49.8 Å². The maximum atomic E-state index is 13.1. The third-order valence-electron chi connectivity index (χ3n) is 2.14. The first-order valence-corrected chi connectivity index (χ1v) is 6.19. The highest BCUT2D eigenvalue weighted by molar-refractivity contribution is 9.10. The molecule has 7 heteroatoms. The first-order valence-electron chi connectivity index (χ1n) is 5.02. The molecule has 0 atom stereocenters. The number of anilines is 3. The number of rotatable bonds is 3. The molecule has 0 radical (unpaired) electrons. The number of aromatic nitrogens is 2. The Morgan fingerprint density at radius 3 is 2.83 bits per heavy atom. The molecule has 0 unspecified atom stereocenters. The average Bonchev–Trinajstić information content (AvgIpc) is 2.34. The number of nitrogens with one attached hydrogen (secondary N) is 2. The van der Waals surface area contributed by atoms with Crippen molar-refractivity contribution in [2.75, 3.05) is 17.7 Å². The second-order valence-corrected chi connectivity index (χ2v) is 4.65. The summed E-state index contributed by atoms with van der Waals surface area (Å²) in [7, 11) is 1.72. The lowest BCUT2D eigenvalue weighted by Crippen LogP contribution is -2.00. The van der Waals surface area contributed by atoms with Gasteiger partial charge in [-0.25, -0.2) is 9.37 Å². The van der Waals surface area contributed by atoms with Gasteiger partial charge in [0.2, 0.25) is 5.95 Å². The fraction of sp³-hybridized carbons (Fsp3) is 0.0909. The van der Waals surface area contributed by atoms with Crippen molar-refractivity contribution >= 4 is 45.0 Å². The zero-order valence-corrected chi connectivity index (χ0v) is 11.7. The smallest absolute Gasteiger partial charge is 0.224 e. The summed E-state index contributed by atoms with van der Waals surface area (Å²) in [5.41, 5.74) is 0.554. The highest BCUT2D eigenvalue weighted by Gasteiger charge is 2.09. The largest absolute Gasteiger partial charge is 0.357 e. The Balaban J connectivity index is 2.33. The highest BCUT2D eigenvalue weighted by Crippen LogP contribution is 2.33. The van der Waals surface area contributed by atoms with Gasteiger partial charge in [0, 0.05) is 17.7 Å². The van der Waals surface area contributed by atoms with Crippen molar-refractivity contribution in [1.82, 2.24) is 9.97 Å². The lowest BCUT2D eigenvalue weighted by molar-refractivity contribution is 0.627. The normalized spacial score (nSPS) is 10.2. The fourth-order valence-electron chi connectivity index (χ4n) is 1.34. The van der Waals surface area contributed by atoms with Crippen molar-refractivity contribution in [3.63, 3.8) is 0 Å². The lowest BCUT2D eigenvalue weighted by atomic mass is 10.3. The number of hydrogen-bond acceptors (Lipinski definition) is 4. The van der Waals surface area contributed by atoms with Crippen molar-refractivity contribution in [3.05, 3.63) is 39.7 Å². The molecule has 1 heterocycles. The molecule has 1 aromatic carbocycles. The highest BCUT2D eigenvalue weighted by atomic mass is 79.9. The lowest BCUT2D eigenvalue weighted by Gasteiger charge is -2.10. The molecule has 0 aliphatic carbocycles. The van der Waals surface area contributed by atoms with E-state index < -0.39 is 5.82 Å². The standard InChI is InChI=1S/C11H9BrClFN4/c1-15-11-16-3-2-9(18-11)17-10-7(12)4-6(14)5-8(10)13/h2-5H,1H3,(H2,15,16,17,18). The molecule has 0 amide bonds. The predicted molar refractivity (Wildman–Crippen MR) is 74.0 cm³/mol. The van der Waals surface area contributed by atoms with E-state index in [1.54, 1.807) is 19.3 Å². The molecule has 94 valence electrons. The SMILES string of the molecule is CNc1nccc(Nc2c(Cl)cc(F)cc2Br)n1. The van der Waals surface area contributed by atoms with Crippen LogP contribution in [0.1, 0.15) is 0 Å². The molecule has 2 rings (SSSR count). The van der Waals surface area contributed by atoms with Crippen LogP contribution in [0.15, 0.2) is 28.9 Å². The van der Waals surface area contributed by atoms with Gasteiger partial charge in [-0.15, -0.1) is 0 Å². The average molecular weight is 332 g/mol. The van der Waals surface area contributed by atoms with Crippen LogP contribution < -0.4 is 10.6 Å². The van der Waals surface area contributed by atoms with E-state index in [-0.39, 0.29) is 5.02 Å². The summed E-state index contributed by atoms with van der Waals surface area (Å²) in [5.74, 6) is 0.633. The van der Waals surface area contributed by atoms with Crippen LogP contribution >= 0.6 is 27.5 Å². The van der Waals surface area contributed by atoms with Gasteiger partial charge in [0.05, 0.1) is 10.7 Å². The second-order valence-electron chi connectivity index (χ2n) is 3.38. The molecule has 4 nitrogen and oxygen atoms in total. The van der Waals surface area contributed by atoms with Gasteiger partial charge in [0.15, 0.2) is 0 Å². The van der Waals surface area contributed by atoms with Gasteiger partial charge >= 0.3 is 0 Å². The third-order valence-corrected chi connectivity index (χ3v) is 3.06. The Morgan fingerprint density at radius 1 is 1.39 bits per heavy atom. The second kappa shape index (κ2) is 5.49. The third kappa shape index (κ3) is 2.88. The van der Waals surface area contributed by atoms with Crippen LogP contribution in [-0.2, 0) is 0 Å². The molecular weight excluding hydrogens is 323 g/mol. The summed E-state index contributed by atoms with van der Waals surface area (Å²) < 4.78 is 13.6. The minimum absolute atomic E-state index is 0.270. The van der Waals surface area contributed by atoms with Gasteiger partial charge in [-0.3, -0.25) is 0 Å². The summed E-state index contributed by atoms with van der Waals surface area (Å²) >= 11 is 9.21. The quantitative estimate of drug-likeness (QED) is 0.898. The van der Waals surface area contributed by atoms with Gasteiger partial charge in [-0.1, -0.05) is 11.6 Å². The van der Waals surface area contributed by atoms with E-state index >= 15 is 0 Å². The van der Waals surface area contributed by atoms with Crippen LogP contribution in [0.5, 0.6) is 0 Å². The molecule has 0 saturated heterocycles. The fourth-order valence-corrected chi connectivity index (χ4v) is 2.24. The van der Waals surface area contributed by atoms with Crippen LogP contribution in [-0.4, -0.2) is 17.0 Å². The van der Waals surface area contributed by atoms with Crippen LogP contribution in [0, 0.1) is 5.82 Å². The van der Waals surface area contributed by atoms with Gasteiger partial charge in [-0.2, -0.15) is 4.98 Å². The minimum atomic E-state index is -0.406. The summed E-state index contributed by atoms with van der Waals surface area (Å²) in [5, 5.41) is 6.10. The van der Waals surface area contributed by atoms with E-state index in [4.69, 9.17) is 11.6 Å². The summed E-state index contributed by atoms with van der Waals surface area (Å²) in [6.45, 7) is 0. The molecule has 0 bridgehead atoms. The Morgan fingerprint density at radius 2 is 2.17 bits per heavy atom. The number of halogens is 3.